The summed E-state index contributed by atoms with van der Waals surface area (Å²) in [5, 5.41) is 0.516. The van der Waals surface area contributed by atoms with Gasteiger partial charge < -0.3 is 4.90 Å². The Bertz CT molecular complexity index is 583. The average Bonchev–Trinajstić information content (AvgIpc) is 2.59. The fourth-order valence-corrected chi connectivity index (χ4v) is 2.64. The third kappa shape index (κ3) is 2.71. The van der Waals surface area contributed by atoms with Crippen LogP contribution in [-0.2, 0) is 4.79 Å². The third-order valence-electron chi connectivity index (χ3n) is 2.85. The minimum Gasteiger partial charge on any atom is -0.317 e. The molecule has 1 amide bonds. The van der Waals surface area contributed by atoms with Crippen LogP contribution in [0.3, 0.4) is 0 Å². The molecular weight excluding hydrogens is 371 g/mol. The van der Waals surface area contributed by atoms with E-state index in [2.05, 4.69) is 29.2 Å². The zero-order valence-corrected chi connectivity index (χ0v) is 13.4. The Balaban J connectivity index is 2.40. The Morgan fingerprint density at radius 2 is 2.11 bits per heavy atom. The van der Waals surface area contributed by atoms with E-state index in [9.17, 15) is 4.79 Å². The van der Waals surface area contributed by atoms with E-state index in [-0.39, 0.29) is 5.91 Å². The molecule has 0 bridgehead atoms. The van der Waals surface area contributed by atoms with Crippen molar-refractivity contribution in [2.45, 2.75) is 0 Å². The van der Waals surface area contributed by atoms with Gasteiger partial charge in [0.15, 0.2) is 5.11 Å². The van der Waals surface area contributed by atoms with Crippen LogP contribution in [0.4, 0.5) is 0 Å². The van der Waals surface area contributed by atoms with E-state index in [0.717, 1.165) is 9.13 Å². The van der Waals surface area contributed by atoms with Crippen LogP contribution in [0.5, 0.6) is 0 Å². The Hall–Kier alpha value is -1.21. The second-order valence-electron chi connectivity index (χ2n) is 4.10. The van der Waals surface area contributed by atoms with Crippen molar-refractivity contribution in [3.05, 3.63) is 51.8 Å². The summed E-state index contributed by atoms with van der Waals surface area (Å²) >= 11 is 7.52. The predicted molar refractivity (Wildman–Crippen MR) is 89.4 cm³/mol. The number of rotatable bonds is 3. The zero-order chi connectivity index (χ0) is 14.0. The van der Waals surface area contributed by atoms with Gasteiger partial charge in [0.1, 0.15) is 5.70 Å². The normalized spacial score (nSPS) is 17.5. The van der Waals surface area contributed by atoms with Gasteiger partial charge >= 0.3 is 0 Å². The Labute approximate surface area is 131 Å². The molecule has 2 rings (SSSR count). The number of carbonyl (C=O) groups excluding carboxylic acids is 1. The van der Waals surface area contributed by atoms with Crippen molar-refractivity contribution in [3.8, 4) is 0 Å². The average molecular weight is 384 g/mol. The first kappa shape index (κ1) is 14.2. The topological polar surface area (TPSA) is 23.6 Å². The van der Waals surface area contributed by atoms with Gasteiger partial charge in [0, 0.05) is 17.2 Å². The van der Waals surface area contributed by atoms with Gasteiger partial charge in [0.2, 0.25) is 0 Å². The molecular formula is C14H13IN2OS. The van der Waals surface area contributed by atoms with Crippen LogP contribution < -0.4 is 0 Å². The van der Waals surface area contributed by atoms with Crippen LogP contribution in [0, 0.1) is 3.57 Å². The van der Waals surface area contributed by atoms with E-state index >= 15 is 0 Å². The molecule has 1 fully saturated rings. The lowest BCUT2D eigenvalue weighted by atomic mass is 10.2. The van der Waals surface area contributed by atoms with Gasteiger partial charge in [-0.05, 0) is 52.5 Å². The molecule has 1 saturated heterocycles. The summed E-state index contributed by atoms with van der Waals surface area (Å²) in [5.41, 5.74) is 1.61. The first-order chi connectivity index (χ1) is 9.06. The van der Waals surface area contributed by atoms with E-state index in [1.807, 2.05) is 37.4 Å². The fraction of sp³-hybridized carbons (Fsp3) is 0.143. The maximum Gasteiger partial charge on any atom is 0.277 e. The Kier molecular flexibility index (Phi) is 4.36. The largest absolute Gasteiger partial charge is 0.317 e. The first-order valence-corrected chi connectivity index (χ1v) is 7.21. The van der Waals surface area contributed by atoms with Crippen LogP contribution in [0.2, 0.25) is 0 Å². The van der Waals surface area contributed by atoms with E-state index in [4.69, 9.17) is 12.2 Å². The number of benzene rings is 1. The molecule has 1 heterocycles. The van der Waals surface area contributed by atoms with Crippen LogP contribution in [0.25, 0.3) is 6.08 Å². The second kappa shape index (κ2) is 5.83. The van der Waals surface area contributed by atoms with Crippen molar-refractivity contribution in [3.63, 3.8) is 0 Å². The summed E-state index contributed by atoms with van der Waals surface area (Å²) in [7, 11) is 1.81. The molecule has 0 saturated carbocycles. The van der Waals surface area contributed by atoms with Crippen LogP contribution >= 0.6 is 34.8 Å². The molecule has 1 aromatic rings. The fourth-order valence-electron chi connectivity index (χ4n) is 1.84. The minimum atomic E-state index is -0.0768. The highest BCUT2D eigenvalue weighted by Gasteiger charge is 2.34. The van der Waals surface area contributed by atoms with Gasteiger partial charge in [0.25, 0.3) is 5.91 Å². The van der Waals surface area contributed by atoms with Gasteiger partial charge in [-0.3, -0.25) is 9.69 Å². The summed E-state index contributed by atoms with van der Waals surface area (Å²) in [6.07, 6.45) is 3.55. The number of thiocarbonyl (C=S) groups is 1. The molecule has 19 heavy (non-hydrogen) atoms. The number of hydrogen-bond donors (Lipinski definition) is 0. The summed E-state index contributed by atoms with van der Waals surface area (Å²) in [5.74, 6) is -0.0768. The summed E-state index contributed by atoms with van der Waals surface area (Å²) in [6, 6.07) is 7.91. The van der Waals surface area contributed by atoms with Crippen molar-refractivity contribution in [1.82, 2.24) is 9.80 Å². The van der Waals surface area contributed by atoms with Gasteiger partial charge in [-0.2, -0.15) is 0 Å². The van der Waals surface area contributed by atoms with Crippen LogP contribution in [0.1, 0.15) is 5.56 Å². The SMILES string of the molecule is C=CCN1C(=O)/C(=C/c2ccccc2I)N(C)C1=S. The lowest BCUT2D eigenvalue weighted by molar-refractivity contribution is -0.122. The third-order valence-corrected chi connectivity index (χ3v) is 4.33. The number of amides is 1. The minimum absolute atomic E-state index is 0.0768. The van der Waals surface area contributed by atoms with Gasteiger partial charge in [-0.1, -0.05) is 24.3 Å². The molecule has 0 N–H and O–H groups in total. The molecule has 1 aliphatic heterocycles. The predicted octanol–water partition coefficient (Wildman–Crippen LogP) is 2.88. The molecule has 0 atom stereocenters. The lowest BCUT2D eigenvalue weighted by Crippen LogP contribution is -2.31. The molecule has 5 heteroatoms. The number of halogens is 1. The highest BCUT2D eigenvalue weighted by molar-refractivity contribution is 14.1. The van der Waals surface area contributed by atoms with Crippen LogP contribution in [-0.4, -0.2) is 34.4 Å². The standard InChI is InChI=1S/C14H13IN2OS/c1-3-8-17-13(18)12(16(2)14(17)19)9-10-6-4-5-7-11(10)15/h3-7,9H,1,8H2,2H3/b12-9-. The molecule has 0 aromatic heterocycles. The number of nitrogens with zero attached hydrogens (tertiary/aromatic N) is 2. The summed E-state index contributed by atoms with van der Waals surface area (Å²) < 4.78 is 1.10. The summed E-state index contributed by atoms with van der Waals surface area (Å²) in [6.45, 7) is 4.08. The quantitative estimate of drug-likeness (QED) is 0.347. The van der Waals surface area contributed by atoms with E-state index < -0.39 is 0 Å². The highest BCUT2D eigenvalue weighted by atomic mass is 127. The van der Waals surface area contributed by atoms with Crippen molar-refractivity contribution >= 4 is 51.9 Å². The Morgan fingerprint density at radius 1 is 1.42 bits per heavy atom. The highest BCUT2D eigenvalue weighted by Crippen LogP contribution is 2.23. The lowest BCUT2D eigenvalue weighted by Gasteiger charge is -2.13. The molecule has 0 radical (unpaired) electrons. The molecule has 1 aromatic carbocycles. The Morgan fingerprint density at radius 3 is 2.74 bits per heavy atom. The van der Waals surface area contributed by atoms with Gasteiger partial charge in [-0.15, -0.1) is 6.58 Å². The number of carbonyl (C=O) groups is 1. The molecule has 0 spiro atoms. The monoisotopic (exact) mass is 384 g/mol. The molecule has 0 unspecified atom stereocenters. The number of hydrogen-bond acceptors (Lipinski definition) is 2. The number of likely N-dealkylation sites (N-methyl/N-ethyl adjacent to an activating group) is 1. The zero-order valence-electron chi connectivity index (χ0n) is 10.5. The van der Waals surface area contributed by atoms with Crippen LogP contribution in [0.15, 0.2) is 42.6 Å². The smallest absolute Gasteiger partial charge is 0.277 e. The molecule has 0 aliphatic carbocycles. The molecule has 98 valence electrons. The molecule has 3 nitrogen and oxygen atoms in total. The molecule has 1 aliphatic rings. The van der Waals surface area contributed by atoms with E-state index in [1.54, 1.807) is 15.9 Å². The van der Waals surface area contributed by atoms with Gasteiger partial charge in [0.05, 0.1) is 0 Å². The van der Waals surface area contributed by atoms with E-state index in [0.29, 0.717) is 17.4 Å². The maximum absolute atomic E-state index is 12.3. The van der Waals surface area contributed by atoms with Gasteiger partial charge in [-0.25, -0.2) is 0 Å². The second-order valence-corrected chi connectivity index (χ2v) is 5.62. The van der Waals surface area contributed by atoms with Crippen molar-refractivity contribution < 1.29 is 4.79 Å². The first-order valence-electron chi connectivity index (χ1n) is 5.73. The van der Waals surface area contributed by atoms with Crippen molar-refractivity contribution in [2.24, 2.45) is 0 Å². The van der Waals surface area contributed by atoms with Crippen molar-refractivity contribution in [2.75, 3.05) is 13.6 Å². The summed E-state index contributed by atoms with van der Waals surface area (Å²) in [4.78, 5) is 15.6. The van der Waals surface area contributed by atoms with Crippen molar-refractivity contribution in [1.29, 1.82) is 0 Å². The van der Waals surface area contributed by atoms with E-state index in [1.165, 1.54) is 0 Å². The maximum atomic E-state index is 12.3.